The molecule has 2 aromatic carbocycles. The lowest BCUT2D eigenvalue weighted by atomic mass is 9.71. The molecule has 0 bridgehead atoms. The fraction of sp³-hybridized carbons (Fsp3) is 0.455. The summed E-state index contributed by atoms with van der Waals surface area (Å²) in [6, 6.07) is 15.0. The van der Waals surface area contributed by atoms with E-state index in [-0.39, 0.29) is 6.10 Å². The van der Waals surface area contributed by atoms with Crippen molar-refractivity contribution < 1.29 is 4.74 Å². The summed E-state index contributed by atoms with van der Waals surface area (Å²) in [6.45, 7) is 6.27. The van der Waals surface area contributed by atoms with Gasteiger partial charge in [0.25, 0.3) is 0 Å². The first-order valence-corrected chi connectivity index (χ1v) is 9.51. The Hall–Kier alpha value is -2.20. The van der Waals surface area contributed by atoms with Crippen molar-refractivity contribution >= 4 is 10.8 Å². The van der Waals surface area contributed by atoms with E-state index in [0.717, 1.165) is 19.4 Å². The van der Waals surface area contributed by atoms with Crippen LogP contribution in [-0.2, 0) is 17.9 Å². The van der Waals surface area contributed by atoms with Crippen molar-refractivity contribution in [2.24, 2.45) is 11.3 Å². The highest BCUT2D eigenvalue weighted by atomic mass is 16.5. The zero-order valence-corrected chi connectivity index (χ0v) is 15.6. The summed E-state index contributed by atoms with van der Waals surface area (Å²) >= 11 is 0. The predicted molar refractivity (Wildman–Crippen MR) is 104 cm³/mol. The van der Waals surface area contributed by atoms with Crippen LogP contribution in [0.1, 0.15) is 38.7 Å². The second-order valence-corrected chi connectivity index (χ2v) is 8.27. The maximum atomic E-state index is 6.47. The zero-order chi connectivity index (χ0) is 18.0. The van der Waals surface area contributed by atoms with Crippen molar-refractivity contribution in [2.75, 3.05) is 0 Å². The summed E-state index contributed by atoms with van der Waals surface area (Å²) in [5.41, 5.74) is 1.64. The molecule has 0 radical (unpaired) electrons. The van der Waals surface area contributed by atoms with Crippen LogP contribution >= 0.6 is 0 Å². The van der Waals surface area contributed by atoms with Crippen molar-refractivity contribution in [2.45, 2.75) is 52.4 Å². The molecule has 4 heteroatoms. The van der Waals surface area contributed by atoms with Crippen molar-refractivity contribution in [3.8, 4) is 0 Å². The molecule has 0 amide bonds. The Bertz CT molecular complexity index is 851. The van der Waals surface area contributed by atoms with Gasteiger partial charge in [-0.2, -0.15) is 5.10 Å². The molecule has 0 saturated heterocycles. The van der Waals surface area contributed by atoms with E-state index in [0.29, 0.717) is 17.9 Å². The van der Waals surface area contributed by atoms with E-state index in [9.17, 15) is 0 Å². The van der Waals surface area contributed by atoms with E-state index in [2.05, 4.69) is 66.4 Å². The lowest BCUT2D eigenvalue weighted by molar-refractivity contribution is -0.0524. The molecule has 1 aliphatic carbocycles. The lowest BCUT2D eigenvalue weighted by Gasteiger charge is -2.40. The number of aromatic nitrogens is 3. The van der Waals surface area contributed by atoms with E-state index in [1.165, 1.54) is 22.8 Å². The third-order valence-electron chi connectivity index (χ3n) is 5.67. The minimum absolute atomic E-state index is 0.270. The monoisotopic (exact) mass is 349 g/mol. The van der Waals surface area contributed by atoms with Crippen LogP contribution < -0.4 is 0 Å². The Kier molecular flexibility index (Phi) is 4.77. The molecule has 1 fully saturated rings. The van der Waals surface area contributed by atoms with Crippen LogP contribution in [0.3, 0.4) is 0 Å². The third-order valence-corrected chi connectivity index (χ3v) is 5.67. The Labute approximate surface area is 155 Å². The molecule has 2 atom stereocenters. The van der Waals surface area contributed by atoms with Gasteiger partial charge < -0.3 is 4.74 Å². The average molecular weight is 349 g/mol. The van der Waals surface area contributed by atoms with Crippen LogP contribution in [0.25, 0.3) is 10.8 Å². The van der Waals surface area contributed by atoms with Gasteiger partial charge in [-0.05, 0) is 41.0 Å². The van der Waals surface area contributed by atoms with Crippen molar-refractivity contribution in [1.82, 2.24) is 14.8 Å². The molecule has 4 rings (SSSR count). The number of benzene rings is 2. The van der Waals surface area contributed by atoms with Crippen LogP contribution in [-0.4, -0.2) is 20.9 Å². The van der Waals surface area contributed by atoms with Crippen molar-refractivity contribution in [3.05, 3.63) is 60.7 Å². The number of ether oxygens (including phenoxy) is 1. The maximum Gasteiger partial charge on any atom is 0.137 e. The van der Waals surface area contributed by atoms with Crippen molar-refractivity contribution in [3.63, 3.8) is 0 Å². The topological polar surface area (TPSA) is 39.9 Å². The quantitative estimate of drug-likeness (QED) is 0.661. The number of hydrogen-bond donors (Lipinski definition) is 0. The number of rotatable bonds is 5. The van der Waals surface area contributed by atoms with Gasteiger partial charge in [-0.25, -0.2) is 4.98 Å². The molecule has 26 heavy (non-hydrogen) atoms. The maximum absolute atomic E-state index is 6.47. The Morgan fingerprint density at radius 2 is 2.00 bits per heavy atom. The number of fused-ring (bicyclic) bond motifs is 1. The van der Waals surface area contributed by atoms with Crippen LogP contribution in [0.4, 0.5) is 0 Å². The molecular formula is C22H27N3O. The van der Waals surface area contributed by atoms with Gasteiger partial charge in [-0.1, -0.05) is 56.3 Å². The van der Waals surface area contributed by atoms with Gasteiger partial charge >= 0.3 is 0 Å². The van der Waals surface area contributed by atoms with Gasteiger partial charge in [0, 0.05) is 12.5 Å². The zero-order valence-electron chi connectivity index (χ0n) is 15.6. The van der Waals surface area contributed by atoms with E-state index < -0.39 is 0 Å². The van der Waals surface area contributed by atoms with Gasteiger partial charge in [0.05, 0.1) is 12.7 Å². The Balaban J connectivity index is 1.49. The first-order chi connectivity index (χ1) is 12.6. The molecule has 136 valence electrons. The summed E-state index contributed by atoms with van der Waals surface area (Å²) in [5, 5.41) is 6.87. The normalized spacial score (nSPS) is 22.5. The van der Waals surface area contributed by atoms with Gasteiger partial charge in [-0.3, -0.25) is 4.68 Å². The smallest absolute Gasteiger partial charge is 0.137 e. The minimum atomic E-state index is 0.270. The first kappa shape index (κ1) is 17.2. The van der Waals surface area contributed by atoms with E-state index in [1.807, 2.05) is 11.0 Å². The molecule has 3 aromatic rings. The predicted octanol–water partition coefficient (Wildman–Crippen LogP) is 4.84. The number of hydrogen-bond acceptors (Lipinski definition) is 3. The van der Waals surface area contributed by atoms with Gasteiger partial charge in [0.15, 0.2) is 0 Å². The van der Waals surface area contributed by atoms with E-state index in [1.54, 1.807) is 6.33 Å². The van der Waals surface area contributed by atoms with Gasteiger partial charge in [0.1, 0.15) is 12.7 Å². The largest absolute Gasteiger partial charge is 0.373 e. The van der Waals surface area contributed by atoms with Gasteiger partial charge in [0.2, 0.25) is 0 Å². The van der Waals surface area contributed by atoms with E-state index >= 15 is 0 Å². The molecule has 1 aliphatic rings. The average Bonchev–Trinajstić information content (AvgIpc) is 3.13. The fourth-order valence-electron chi connectivity index (χ4n) is 4.30. The molecule has 1 heterocycles. The third kappa shape index (κ3) is 3.80. The molecule has 0 aliphatic heterocycles. The summed E-state index contributed by atoms with van der Waals surface area (Å²) in [4.78, 5) is 4.09. The highest BCUT2D eigenvalue weighted by Gasteiger charge is 2.35. The second kappa shape index (κ2) is 7.20. The first-order valence-electron chi connectivity index (χ1n) is 9.51. The molecular weight excluding hydrogens is 322 g/mol. The lowest BCUT2D eigenvalue weighted by Crippen LogP contribution is -2.37. The molecule has 2 unspecified atom stereocenters. The minimum Gasteiger partial charge on any atom is -0.373 e. The molecule has 0 spiro atoms. The van der Waals surface area contributed by atoms with E-state index in [4.69, 9.17) is 4.74 Å². The summed E-state index contributed by atoms with van der Waals surface area (Å²) in [7, 11) is 0. The fourth-order valence-corrected chi connectivity index (χ4v) is 4.30. The van der Waals surface area contributed by atoms with Crippen LogP contribution in [0.15, 0.2) is 55.1 Å². The Morgan fingerprint density at radius 3 is 2.85 bits per heavy atom. The summed E-state index contributed by atoms with van der Waals surface area (Å²) < 4.78 is 8.42. The van der Waals surface area contributed by atoms with Crippen LogP contribution in [0.5, 0.6) is 0 Å². The molecule has 0 N–H and O–H groups in total. The summed E-state index contributed by atoms with van der Waals surface area (Å²) in [5.74, 6) is 0.468. The highest BCUT2D eigenvalue weighted by molar-refractivity contribution is 5.85. The van der Waals surface area contributed by atoms with Gasteiger partial charge in [-0.15, -0.1) is 0 Å². The summed E-state index contributed by atoms with van der Waals surface area (Å²) in [6.07, 6.45) is 7.17. The SMILES string of the molecule is CC1(C)CCC(OCc2cccc3ccccc23)C(Cn2cncn2)C1. The van der Waals surface area contributed by atoms with Crippen LogP contribution in [0, 0.1) is 11.3 Å². The molecule has 1 saturated carbocycles. The van der Waals surface area contributed by atoms with Crippen LogP contribution in [0.2, 0.25) is 0 Å². The second-order valence-electron chi connectivity index (χ2n) is 8.27. The molecule has 4 nitrogen and oxygen atoms in total. The Morgan fingerprint density at radius 1 is 1.15 bits per heavy atom. The standard InChI is InChI=1S/C22H27N3O/c1-22(2)11-10-21(19(12-22)13-25-16-23-15-24-25)26-14-18-8-5-7-17-6-3-4-9-20(17)18/h3-9,15-16,19,21H,10-14H2,1-2H3. The van der Waals surface area contributed by atoms with Crippen molar-refractivity contribution in [1.29, 1.82) is 0 Å². The molecule has 1 aromatic heterocycles. The highest BCUT2D eigenvalue weighted by Crippen LogP contribution is 2.41. The number of nitrogens with zero attached hydrogens (tertiary/aromatic N) is 3.